The largest absolute Gasteiger partial charge is 0.353 e. The Kier molecular flexibility index (Phi) is 3.06. The van der Waals surface area contributed by atoms with Gasteiger partial charge in [-0.05, 0) is 26.0 Å². The fourth-order valence-electron chi connectivity index (χ4n) is 1.42. The fourth-order valence-corrected chi connectivity index (χ4v) is 1.42. The van der Waals surface area contributed by atoms with Crippen LogP contribution in [0.5, 0.6) is 0 Å². The molecule has 86 valence electrons. The minimum Gasteiger partial charge on any atom is -0.353 e. The molecule has 2 aromatic rings. The monoisotopic (exact) mass is 227 g/mol. The van der Waals surface area contributed by atoms with Crippen molar-refractivity contribution in [3.63, 3.8) is 0 Å². The Bertz CT molecular complexity index is 550. The molecule has 5 nitrogen and oxygen atoms in total. The van der Waals surface area contributed by atoms with Crippen LogP contribution in [0, 0.1) is 11.3 Å². The van der Waals surface area contributed by atoms with Crippen molar-refractivity contribution in [1.82, 2.24) is 14.8 Å². The van der Waals surface area contributed by atoms with Crippen LogP contribution in [-0.4, -0.2) is 14.8 Å². The van der Waals surface area contributed by atoms with Gasteiger partial charge in [0.15, 0.2) is 0 Å². The zero-order valence-electron chi connectivity index (χ0n) is 9.75. The first-order valence-corrected chi connectivity index (χ1v) is 5.36. The van der Waals surface area contributed by atoms with Gasteiger partial charge >= 0.3 is 0 Å². The summed E-state index contributed by atoms with van der Waals surface area (Å²) in [6.45, 7) is 4.13. The summed E-state index contributed by atoms with van der Waals surface area (Å²) in [7, 11) is 0. The third kappa shape index (κ3) is 2.61. The van der Waals surface area contributed by atoms with Gasteiger partial charge < -0.3 is 5.32 Å². The molecule has 2 aromatic heterocycles. The van der Waals surface area contributed by atoms with Crippen LogP contribution in [0.3, 0.4) is 0 Å². The number of nitrogens with one attached hydrogen (secondary N) is 1. The molecule has 0 unspecified atom stereocenters. The van der Waals surface area contributed by atoms with Crippen LogP contribution < -0.4 is 5.32 Å². The highest BCUT2D eigenvalue weighted by Crippen LogP contribution is 2.17. The summed E-state index contributed by atoms with van der Waals surface area (Å²) in [5.74, 6) is 0. The molecule has 0 saturated heterocycles. The lowest BCUT2D eigenvalue weighted by Crippen LogP contribution is -1.99. The summed E-state index contributed by atoms with van der Waals surface area (Å²) >= 11 is 0. The van der Waals surface area contributed by atoms with Crippen molar-refractivity contribution in [3.8, 4) is 6.07 Å². The Hall–Kier alpha value is -2.35. The topological polar surface area (TPSA) is 66.5 Å². The predicted octanol–water partition coefficient (Wildman–Crippen LogP) is 2.47. The van der Waals surface area contributed by atoms with Crippen molar-refractivity contribution < 1.29 is 0 Å². The summed E-state index contributed by atoms with van der Waals surface area (Å²) in [4.78, 5) is 3.91. The molecule has 0 fully saturated rings. The number of rotatable bonds is 3. The van der Waals surface area contributed by atoms with E-state index in [4.69, 9.17) is 5.26 Å². The minimum absolute atomic E-state index is 0.331. The van der Waals surface area contributed by atoms with E-state index in [2.05, 4.69) is 29.2 Å². The Morgan fingerprint density at radius 1 is 1.41 bits per heavy atom. The number of hydrogen-bond acceptors (Lipinski definition) is 4. The number of anilines is 2. The predicted molar refractivity (Wildman–Crippen MR) is 64.8 cm³/mol. The Labute approximate surface area is 99.7 Å². The zero-order chi connectivity index (χ0) is 12.3. The fraction of sp³-hybridized carbons (Fsp3) is 0.250. The van der Waals surface area contributed by atoms with Gasteiger partial charge in [-0.1, -0.05) is 0 Å². The molecular weight excluding hydrogens is 214 g/mol. The van der Waals surface area contributed by atoms with Crippen molar-refractivity contribution in [2.75, 3.05) is 5.32 Å². The molecule has 0 spiro atoms. The quantitative estimate of drug-likeness (QED) is 0.874. The molecule has 0 saturated carbocycles. The smallest absolute Gasteiger partial charge is 0.142 e. The minimum atomic E-state index is 0.331. The maximum absolute atomic E-state index is 8.75. The Balaban J connectivity index is 2.17. The van der Waals surface area contributed by atoms with Crippen LogP contribution in [0.4, 0.5) is 11.4 Å². The molecule has 2 rings (SSSR count). The van der Waals surface area contributed by atoms with Gasteiger partial charge in [0.05, 0.1) is 11.9 Å². The normalized spacial score (nSPS) is 10.2. The first-order chi connectivity index (χ1) is 8.19. The number of nitriles is 1. The number of pyridine rings is 1. The van der Waals surface area contributed by atoms with E-state index >= 15 is 0 Å². The molecule has 0 amide bonds. The second kappa shape index (κ2) is 4.66. The lowest BCUT2D eigenvalue weighted by Gasteiger charge is -2.04. The molecular formula is C12H13N5. The summed E-state index contributed by atoms with van der Waals surface area (Å²) in [5.41, 5.74) is 2.12. The van der Waals surface area contributed by atoms with Crippen molar-refractivity contribution in [3.05, 3.63) is 36.4 Å². The Morgan fingerprint density at radius 2 is 2.24 bits per heavy atom. The average molecular weight is 227 g/mol. The van der Waals surface area contributed by atoms with Crippen LogP contribution in [0.25, 0.3) is 0 Å². The molecule has 17 heavy (non-hydrogen) atoms. The van der Waals surface area contributed by atoms with Gasteiger partial charge in [-0.3, -0.25) is 4.68 Å². The van der Waals surface area contributed by atoms with Crippen molar-refractivity contribution >= 4 is 11.4 Å². The summed E-state index contributed by atoms with van der Waals surface area (Å²) in [5, 5.41) is 16.2. The van der Waals surface area contributed by atoms with Crippen LogP contribution in [0.1, 0.15) is 25.6 Å². The Morgan fingerprint density at radius 3 is 2.88 bits per heavy atom. The maximum Gasteiger partial charge on any atom is 0.142 e. The maximum atomic E-state index is 8.75. The first kappa shape index (κ1) is 11.1. The molecule has 1 N–H and O–H groups in total. The molecule has 0 radical (unpaired) electrons. The average Bonchev–Trinajstić information content (AvgIpc) is 2.78. The van der Waals surface area contributed by atoms with Gasteiger partial charge in [0.25, 0.3) is 0 Å². The number of hydrogen-bond donors (Lipinski definition) is 1. The first-order valence-electron chi connectivity index (χ1n) is 5.36. The van der Waals surface area contributed by atoms with Gasteiger partial charge in [-0.15, -0.1) is 0 Å². The van der Waals surface area contributed by atoms with Gasteiger partial charge in [-0.2, -0.15) is 10.4 Å². The second-order valence-electron chi connectivity index (χ2n) is 3.97. The molecule has 0 bridgehead atoms. The van der Waals surface area contributed by atoms with Crippen LogP contribution in [-0.2, 0) is 0 Å². The molecule has 2 heterocycles. The van der Waals surface area contributed by atoms with Crippen LogP contribution in [0.15, 0.2) is 30.7 Å². The van der Waals surface area contributed by atoms with Crippen molar-refractivity contribution in [2.45, 2.75) is 19.9 Å². The number of nitrogens with zero attached hydrogens (tertiary/aromatic N) is 4. The van der Waals surface area contributed by atoms with E-state index in [1.807, 2.05) is 23.0 Å². The van der Waals surface area contributed by atoms with E-state index in [0.29, 0.717) is 11.7 Å². The summed E-state index contributed by atoms with van der Waals surface area (Å²) < 4.78 is 1.87. The standard InChI is InChI=1S/C12H13N5/c1-9(2)17-8-12(7-15-17)16-10-3-4-14-11(5-10)6-13/h3-5,7-9H,1-2H3,(H,14,16). The van der Waals surface area contributed by atoms with Crippen molar-refractivity contribution in [2.24, 2.45) is 0 Å². The SMILES string of the molecule is CC(C)n1cc(Nc2ccnc(C#N)c2)cn1. The van der Waals surface area contributed by atoms with Crippen LogP contribution >= 0.6 is 0 Å². The molecule has 0 atom stereocenters. The zero-order valence-corrected chi connectivity index (χ0v) is 9.75. The highest BCUT2D eigenvalue weighted by molar-refractivity contribution is 5.58. The highest BCUT2D eigenvalue weighted by atomic mass is 15.3. The van der Waals surface area contributed by atoms with Gasteiger partial charge in [-0.25, -0.2) is 4.98 Å². The molecule has 0 aromatic carbocycles. The van der Waals surface area contributed by atoms with E-state index in [1.165, 1.54) is 0 Å². The third-order valence-corrected chi connectivity index (χ3v) is 2.29. The van der Waals surface area contributed by atoms with Crippen LogP contribution in [0.2, 0.25) is 0 Å². The van der Waals surface area contributed by atoms with E-state index in [9.17, 15) is 0 Å². The summed E-state index contributed by atoms with van der Waals surface area (Å²) in [6, 6.07) is 5.85. The second-order valence-corrected chi connectivity index (χ2v) is 3.97. The summed E-state index contributed by atoms with van der Waals surface area (Å²) in [6.07, 6.45) is 5.29. The third-order valence-electron chi connectivity index (χ3n) is 2.29. The molecule has 0 aliphatic rings. The van der Waals surface area contributed by atoms with E-state index in [1.54, 1.807) is 18.5 Å². The molecule has 0 aliphatic heterocycles. The number of aromatic nitrogens is 3. The highest BCUT2D eigenvalue weighted by Gasteiger charge is 2.02. The van der Waals surface area contributed by atoms with Gasteiger partial charge in [0.2, 0.25) is 0 Å². The molecule has 0 aliphatic carbocycles. The van der Waals surface area contributed by atoms with Gasteiger partial charge in [0, 0.05) is 24.1 Å². The van der Waals surface area contributed by atoms with Gasteiger partial charge in [0.1, 0.15) is 11.8 Å². The molecule has 5 heteroatoms. The van der Waals surface area contributed by atoms with E-state index in [0.717, 1.165) is 11.4 Å². The van der Waals surface area contributed by atoms with E-state index < -0.39 is 0 Å². The van der Waals surface area contributed by atoms with E-state index in [-0.39, 0.29) is 0 Å². The van der Waals surface area contributed by atoms with Crippen molar-refractivity contribution in [1.29, 1.82) is 5.26 Å². The lowest BCUT2D eigenvalue weighted by molar-refractivity contribution is 0.532. The lowest BCUT2D eigenvalue weighted by atomic mass is 10.3.